The van der Waals surface area contributed by atoms with Crippen LogP contribution in [0.5, 0.6) is 0 Å². The van der Waals surface area contributed by atoms with Crippen molar-refractivity contribution < 1.29 is 4.79 Å². The van der Waals surface area contributed by atoms with Gasteiger partial charge in [-0.2, -0.15) is 0 Å². The summed E-state index contributed by atoms with van der Waals surface area (Å²) in [5.74, 6) is -0.487. The fraction of sp³-hybridized carbons (Fsp3) is 0.136. The maximum Gasteiger partial charge on any atom is 0.261 e. The predicted octanol–water partition coefficient (Wildman–Crippen LogP) is 5.44. The summed E-state index contributed by atoms with van der Waals surface area (Å²) < 4.78 is 1.87. The third-order valence-electron chi connectivity index (χ3n) is 4.96. The van der Waals surface area contributed by atoms with E-state index in [1.165, 1.54) is 0 Å². The van der Waals surface area contributed by atoms with Crippen molar-refractivity contribution in [3.8, 4) is 0 Å². The molecule has 1 amide bonds. The molecule has 0 atom stereocenters. The Morgan fingerprint density at radius 2 is 1.93 bits per heavy atom. The Balaban J connectivity index is 1.85. The Labute approximate surface area is 176 Å². The lowest BCUT2D eigenvalue weighted by Crippen LogP contribution is -2.24. The Bertz CT molecular complexity index is 1350. The van der Waals surface area contributed by atoms with Crippen LogP contribution in [0.4, 0.5) is 5.69 Å². The van der Waals surface area contributed by atoms with Crippen molar-refractivity contribution >= 4 is 56.6 Å². The van der Waals surface area contributed by atoms with Gasteiger partial charge in [0.25, 0.3) is 5.91 Å². The third-order valence-corrected chi connectivity index (χ3v) is 5.61. The standard InChI is InChI=1S/C22H17Cl2N3O2/c1-3-27-11-16(21(28)14-5-6-17(24)12(2)20(14)27)22(29)26-19-8-9-25-18-7-4-13(23)10-15(18)19/h4-11H,3H2,1-2H3,(H,25,26,29). The summed E-state index contributed by atoms with van der Waals surface area (Å²) in [5.41, 5.74) is 2.51. The summed E-state index contributed by atoms with van der Waals surface area (Å²) >= 11 is 12.3. The number of amides is 1. The highest BCUT2D eigenvalue weighted by molar-refractivity contribution is 6.32. The van der Waals surface area contributed by atoms with Crippen LogP contribution in [0.25, 0.3) is 21.8 Å². The molecule has 2 aromatic carbocycles. The van der Waals surface area contributed by atoms with Crippen molar-refractivity contribution in [3.05, 3.63) is 80.2 Å². The second-order valence-corrected chi connectivity index (χ2v) is 7.54. The van der Waals surface area contributed by atoms with E-state index in [-0.39, 0.29) is 11.0 Å². The minimum atomic E-state index is -0.487. The lowest BCUT2D eigenvalue weighted by atomic mass is 10.1. The molecular formula is C22H17Cl2N3O2. The summed E-state index contributed by atoms with van der Waals surface area (Å²) in [6.45, 7) is 4.40. The number of hydrogen-bond donors (Lipinski definition) is 1. The van der Waals surface area contributed by atoms with E-state index in [0.717, 1.165) is 11.1 Å². The van der Waals surface area contributed by atoms with Gasteiger partial charge in [-0.3, -0.25) is 14.6 Å². The van der Waals surface area contributed by atoms with Crippen LogP contribution in [0.1, 0.15) is 22.8 Å². The Morgan fingerprint density at radius 1 is 1.14 bits per heavy atom. The predicted molar refractivity (Wildman–Crippen MR) is 118 cm³/mol. The monoisotopic (exact) mass is 425 g/mol. The average molecular weight is 426 g/mol. The largest absolute Gasteiger partial charge is 0.346 e. The molecule has 4 aromatic rings. The lowest BCUT2D eigenvalue weighted by Gasteiger charge is -2.15. The first-order chi connectivity index (χ1) is 13.9. The van der Waals surface area contributed by atoms with Crippen LogP contribution >= 0.6 is 23.2 Å². The van der Waals surface area contributed by atoms with E-state index in [1.54, 1.807) is 48.8 Å². The highest BCUT2D eigenvalue weighted by Gasteiger charge is 2.18. The number of aromatic nitrogens is 2. The molecule has 0 saturated heterocycles. The van der Waals surface area contributed by atoms with E-state index in [0.29, 0.717) is 38.6 Å². The molecule has 1 N–H and O–H groups in total. The molecule has 0 radical (unpaired) electrons. The molecule has 2 aromatic heterocycles. The molecule has 0 aliphatic rings. The van der Waals surface area contributed by atoms with Crippen LogP contribution in [0.15, 0.2) is 53.6 Å². The first kappa shape index (κ1) is 19.4. The van der Waals surface area contributed by atoms with Gasteiger partial charge in [-0.25, -0.2) is 0 Å². The molecule has 0 aliphatic carbocycles. The summed E-state index contributed by atoms with van der Waals surface area (Å²) in [6.07, 6.45) is 3.18. The van der Waals surface area contributed by atoms with E-state index in [4.69, 9.17) is 23.2 Å². The fourth-order valence-corrected chi connectivity index (χ4v) is 3.81. The van der Waals surface area contributed by atoms with Crippen LogP contribution in [-0.2, 0) is 6.54 Å². The molecule has 146 valence electrons. The number of carbonyl (C=O) groups is 1. The number of aryl methyl sites for hydroxylation is 2. The molecular weight excluding hydrogens is 409 g/mol. The van der Waals surface area contributed by atoms with Crippen molar-refractivity contribution in [1.29, 1.82) is 0 Å². The van der Waals surface area contributed by atoms with E-state index < -0.39 is 5.91 Å². The molecule has 5 nitrogen and oxygen atoms in total. The van der Waals surface area contributed by atoms with Gasteiger partial charge in [-0.05, 0) is 55.8 Å². The van der Waals surface area contributed by atoms with E-state index >= 15 is 0 Å². The van der Waals surface area contributed by atoms with Crippen molar-refractivity contribution in [2.75, 3.05) is 5.32 Å². The minimum absolute atomic E-state index is 0.0630. The number of pyridine rings is 2. The van der Waals surface area contributed by atoms with Crippen molar-refractivity contribution in [2.45, 2.75) is 20.4 Å². The number of carbonyl (C=O) groups excluding carboxylic acids is 1. The highest BCUT2D eigenvalue weighted by atomic mass is 35.5. The average Bonchev–Trinajstić information content (AvgIpc) is 2.71. The maximum atomic E-state index is 13.1. The zero-order chi connectivity index (χ0) is 20.7. The number of hydrogen-bond acceptors (Lipinski definition) is 3. The van der Waals surface area contributed by atoms with Crippen molar-refractivity contribution in [2.24, 2.45) is 0 Å². The Morgan fingerprint density at radius 3 is 2.69 bits per heavy atom. The van der Waals surface area contributed by atoms with E-state index in [2.05, 4.69) is 10.3 Å². The van der Waals surface area contributed by atoms with Gasteiger partial charge < -0.3 is 9.88 Å². The molecule has 0 fully saturated rings. The van der Waals surface area contributed by atoms with Gasteiger partial charge in [0.15, 0.2) is 0 Å². The third kappa shape index (κ3) is 3.37. The van der Waals surface area contributed by atoms with Crippen LogP contribution in [0, 0.1) is 6.92 Å². The number of halogens is 2. The Hall–Kier alpha value is -2.89. The van der Waals surface area contributed by atoms with Gasteiger partial charge in [0.1, 0.15) is 5.56 Å². The smallest absolute Gasteiger partial charge is 0.261 e. The van der Waals surface area contributed by atoms with Gasteiger partial charge in [-0.15, -0.1) is 0 Å². The minimum Gasteiger partial charge on any atom is -0.346 e. The number of fused-ring (bicyclic) bond motifs is 2. The van der Waals surface area contributed by atoms with Gasteiger partial charge >= 0.3 is 0 Å². The number of rotatable bonds is 3. The molecule has 0 aliphatic heterocycles. The summed E-state index contributed by atoms with van der Waals surface area (Å²) in [4.78, 5) is 30.4. The molecule has 0 unspecified atom stereocenters. The summed E-state index contributed by atoms with van der Waals surface area (Å²) in [5, 5.41) is 5.11. The zero-order valence-electron chi connectivity index (χ0n) is 15.8. The van der Waals surface area contributed by atoms with Crippen LogP contribution in [-0.4, -0.2) is 15.5 Å². The first-order valence-corrected chi connectivity index (χ1v) is 9.84. The quantitative estimate of drug-likeness (QED) is 0.475. The molecule has 2 heterocycles. The van der Waals surface area contributed by atoms with Gasteiger partial charge in [0.05, 0.1) is 16.7 Å². The van der Waals surface area contributed by atoms with Gasteiger partial charge in [0.2, 0.25) is 5.43 Å². The molecule has 0 bridgehead atoms. The summed E-state index contributed by atoms with van der Waals surface area (Å²) in [7, 11) is 0. The van der Waals surface area contributed by atoms with Crippen LogP contribution < -0.4 is 10.7 Å². The van der Waals surface area contributed by atoms with Crippen molar-refractivity contribution in [3.63, 3.8) is 0 Å². The number of nitrogens with zero attached hydrogens (tertiary/aromatic N) is 2. The highest BCUT2D eigenvalue weighted by Crippen LogP contribution is 2.26. The second kappa shape index (κ2) is 7.50. The maximum absolute atomic E-state index is 13.1. The normalized spacial score (nSPS) is 11.2. The van der Waals surface area contributed by atoms with E-state index in [9.17, 15) is 9.59 Å². The number of anilines is 1. The number of benzene rings is 2. The lowest BCUT2D eigenvalue weighted by molar-refractivity contribution is 0.102. The van der Waals surface area contributed by atoms with Gasteiger partial charge in [-0.1, -0.05) is 23.2 Å². The summed E-state index contributed by atoms with van der Waals surface area (Å²) in [6, 6.07) is 10.3. The second-order valence-electron chi connectivity index (χ2n) is 6.70. The zero-order valence-corrected chi connectivity index (χ0v) is 17.3. The number of nitrogens with one attached hydrogen (secondary N) is 1. The molecule has 4 rings (SSSR count). The topological polar surface area (TPSA) is 64.0 Å². The van der Waals surface area contributed by atoms with Gasteiger partial charge in [0, 0.05) is 39.8 Å². The van der Waals surface area contributed by atoms with Crippen LogP contribution in [0.2, 0.25) is 10.0 Å². The fourth-order valence-electron chi connectivity index (χ4n) is 3.48. The molecule has 0 saturated carbocycles. The molecule has 29 heavy (non-hydrogen) atoms. The molecule has 7 heteroatoms. The van der Waals surface area contributed by atoms with E-state index in [1.807, 2.05) is 18.4 Å². The SMILES string of the molecule is CCn1cc(C(=O)Nc2ccnc3ccc(Cl)cc23)c(=O)c2ccc(Cl)c(C)c21. The Kier molecular flexibility index (Phi) is 5.03. The van der Waals surface area contributed by atoms with Crippen molar-refractivity contribution in [1.82, 2.24) is 9.55 Å². The molecule has 0 spiro atoms. The first-order valence-electron chi connectivity index (χ1n) is 9.08. The van der Waals surface area contributed by atoms with Crippen LogP contribution in [0.3, 0.4) is 0 Å².